The number of benzene rings is 1. The normalized spacial score (nSPS) is 16.6. The molecule has 0 aliphatic carbocycles. The van der Waals surface area contributed by atoms with Crippen LogP contribution < -0.4 is 5.32 Å². The van der Waals surface area contributed by atoms with E-state index < -0.39 is 0 Å². The quantitative estimate of drug-likeness (QED) is 0.897. The van der Waals surface area contributed by atoms with Crippen LogP contribution in [0.1, 0.15) is 31.2 Å². The van der Waals surface area contributed by atoms with Crippen LogP contribution >= 0.6 is 0 Å². The summed E-state index contributed by atoms with van der Waals surface area (Å²) in [5.74, 6) is -0.262. The van der Waals surface area contributed by atoms with E-state index in [4.69, 9.17) is 0 Å². The van der Waals surface area contributed by atoms with E-state index in [9.17, 15) is 9.18 Å². The topological polar surface area (TPSA) is 32.3 Å². The molecule has 1 fully saturated rings. The maximum absolute atomic E-state index is 12.8. The second-order valence-electron chi connectivity index (χ2n) is 5.41. The van der Waals surface area contributed by atoms with Crippen LogP contribution in [0.2, 0.25) is 0 Å². The highest BCUT2D eigenvalue weighted by atomic mass is 19.1. The summed E-state index contributed by atoms with van der Waals surface area (Å²) in [4.78, 5) is 14.2. The van der Waals surface area contributed by atoms with Crippen LogP contribution in [-0.4, -0.2) is 37.0 Å². The number of hydrogen-bond donors (Lipinski definition) is 1. The molecule has 2 rings (SSSR count). The van der Waals surface area contributed by atoms with Gasteiger partial charge in [0, 0.05) is 13.1 Å². The minimum atomic E-state index is -0.268. The third-order valence-corrected chi connectivity index (χ3v) is 3.73. The average Bonchev–Trinajstić information content (AvgIpc) is 2.70. The Hall–Kier alpha value is -1.42. The van der Waals surface area contributed by atoms with Crippen LogP contribution in [0, 0.1) is 5.82 Å². The monoisotopic (exact) mass is 278 g/mol. The number of halogens is 1. The van der Waals surface area contributed by atoms with Crippen molar-refractivity contribution in [3.8, 4) is 0 Å². The van der Waals surface area contributed by atoms with Gasteiger partial charge < -0.3 is 10.2 Å². The zero-order chi connectivity index (χ0) is 14.2. The van der Waals surface area contributed by atoms with Gasteiger partial charge in [-0.2, -0.15) is 0 Å². The van der Waals surface area contributed by atoms with Crippen molar-refractivity contribution in [3.05, 3.63) is 35.6 Å². The molecule has 0 saturated carbocycles. The molecule has 0 atom stereocenters. The number of rotatable bonds is 5. The molecule has 1 heterocycles. The summed E-state index contributed by atoms with van der Waals surface area (Å²) in [5, 5.41) is 2.94. The lowest BCUT2D eigenvalue weighted by atomic mass is 10.1. The molecule has 3 nitrogen and oxygen atoms in total. The number of likely N-dealkylation sites (tertiary alicyclic amines) is 1. The van der Waals surface area contributed by atoms with Crippen LogP contribution in [0.15, 0.2) is 24.3 Å². The van der Waals surface area contributed by atoms with E-state index in [1.807, 2.05) is 0 Å². The van der Waals surface area contributed by atoms with Gasteiger partial charge in [0.1, 0.15) is 5.82 Å². The van der Waals surface area contributed by atoms with E-state index in [0.29, 0.717) is 13.0 Å². The van der Waals surface area contributed by atoms with Crippen LogP contribution in [0.5, 0.6) is 0 Å². The molecule has 1 N–H and O–H groups in total. The molecule has 1 aliphatic rings. The first-order valence-corrected chi connectivity index (χ1v) is 7.47. The van der Waals surface area contributed by atoms with Crippen LogP contribution in [-0.2, 0) is 11.2 Å². The van der Waals surface area contributed by atoms with E-state index in [1.54, 1.807) is 12.1 Å². The lowest BCUT2D eigenvalue weighted by Crippen LogP contribution is -2.36. The fraction of sp³-hybridized carbons (Fsp3) is 0.562. The largest absolute Gasteiger partial charge is 0.355 e. The Morgan fingerprint density at radius 1 is 1.10 bits per heavy atom. The van der Waals surface area contributed by atoms with Crippen molar-refractivity contribution in [2.75, 3.05) is 26.2 Å². The third-order valence-electron chi connectivity index (χ3n) is 3.73. The molecule has 1 saturated heterocycles. The maximum atomic E-state index is 12.8. The Labute approximate surface area is 120 Å². The second-order valence-corrected chi connectivity index (χ2v) is 5.41. The Bertz CT molecular complexity index is 411. The highest BCUT2D eigenvalue weighted by Crippen LogP contribution is 2.08. The van der Waals surface area contributed by atoms with Crippen molar-refractivity contribution in [1.82, 2.24) is 10.2 Å². The minimum absolute atomic E-state index is 0.00595. The van der Waals surface area contributed by atoms with Gasteiger partial charge in [-0.05, 0) is 43.6 Å². The Balaban J connectivity index is 1.65. The van der Waals surface area contributed by atoms with Gasteiger partial charge in [0.2, 0.25) is 5.91 Å². The molecule has 1 amide bonds. The van der Waals surface area contributed by atoms with E-state index in [-0.39, 0.29) is 11.7 Å². The zero-order valence-electron chi connectivity index (χ0n) is 11.9. The van der Waals surface area contributed by atoms with Crippen molar-refractivity contribution >= 4 is 5.91 Å². The first-order valence-electron chi connectivity index (χ1n) is 7.47. The highest BCUT2D eigenvalue weighted by Gasteiger charge is 2.09. The van der Waals surface area contributed by atoms with E-state index in [1.165, 1.54) is 37.8 Å². The summed E-state index contributed by atoms with van der Waals surface area (Å²) in [6, 6.07) is 6.09. The number of nitrogens with one attached hydrogen (secondary N) is 1. The lowest BCUT2D eigenvalue weighted by molar-refractivity contribution is -0.120. The summed E-state index contributed by atoms with van der Waals surface area (Å²) in [7, 11) is 0. The van der Waals surface area contributed by atoms with Crippen LogP contribution in [0.3, 0.4) is 0 Å². The molecule has 110 valence electrons. The Morgan fingerprint density at radius 3 is 2.40 bits per heavy atom. The first kappa shape index (κ1) is 15.0. The molecule has 1 aromatic rings. The van der Waals surface area contributed by atoms with Gasteiger partial charge in [0.15, 0.2) is 0 Å². The fourth-order valence-electron chi connectivity index (χ4n) is 2.56. The Morgan fingerprint density at radius 2 is 1.75 bits per heavy atom. The predicted octanol–water partition coefficient (Wildman–Crippen LogP) is 2.36. The van der Waals surface area contributed by atoms with Crippen molar-refractivity contribution in [2.45, 2.75) is 32.1 Å². The molecular weight excluding hydrogens is 255 g/mol. The third kappa shape index (κ3) is 5.29. The summed E-state index contributed by atoms with van der Waals surface area (Å²) in [6.07, 6.45) is 5.51. The standard InChI is InChI=1S/C16H23FN2O/c17-15-7-5-14(6-8-15)13-16(20)18-9-12-19-10-3-1-2-4-11-19/h5-8H,1-4,9-13H2,(H,18,20). The molecule has 1 aliphatic heterocycles. The molecule has 0 spiro atoms. The van der Waals surface area contributed by atoms with Gasteiger partial charge >= 0.3 is 0 Å². The van der Waals surface area contributed by atoms with Gasteiger partial charge in [-0.3, -0.25) is 4.79 Å². The van der Waals surface area contributed by atoms with Gasteiger partial charge in [0.05, 0.1) is 6.42 Å². The molecule has 4 heteroatoms. The molecule has 1 aromatic carbocycles. The number of amides is 1. The first-order chi connectivity index (χ1) is 9.74. The van der Waals surface area contributed by atoms with Crippen LogP contribution in [0.4, 0.5) is 4.39 Å². The molecule has 0 aromatic heterocycles. The summed E-state index contributed by atoms with van der Waals surface area (Å²) < 4.78 is 12.8. The van der Waals surface area contributed by atoms with Crippen LogP contribution in [0.25, 0.3) is 0 Å². The fourth-order valence-corrected chi connectivity index (χ4v) is 2.56. The number of nitrogens with zero attached hydrogens (tertiary/aromatic N) is 1. The summed E-state index contributed by atoms with van der Waals surface area (Å²) in [6.45, 7) is 3.91. The summed E-state index contributed by atoms with van der Waals surface area (Å²) >= 11 is 0. The second kappa shape index (κ2) is 8.00. The molecule has 20 heavy (non-hydrogen) atoms. The van der Waals surface area contributed by atoms with Gasteiger partial charge in [-0.25, -0.2) is 4.39 Å². The van der Waals surface area contributed by atoms with Crippen molar-refractivity contribution in [2.24, 2.45) is 0 Å². The smallest absolute Gasteiger partial charge is 0.224 e. The Kier molecular flexibility index (Phi) is 5.99. The SMILES string of the molecule is O=C(Cc1ccc(F)cc1)NCCN1CCCCCC1. The molecule has 0 radical (unpaired) electrons. The number of hydrogen-bond acceptors (Lipinski definition) is 2. The molecular formula is C16H23FN2O. The number of carbonyl (C=O) groups is 1. The maximum Gasteiger partial charge on any atom is 0.224 e. The zero-order valence-corrected chi connectivity index (χ0v) is 11.9. The van der Waals surface area contributed by atoms with Gasteiger partial charge in [0.25, 0.3) is 0 Å². The van der Waals surface area contributed by atoms with Crippen molar-refractivity contribution in [3.63, 3.8) is 0 Å². The highest BCUT2D eigenvalue weighted by molar-refractivity contribution is 5.78. The van der Waals surface area contributed by atoms with E-state index >= 15 is 0 Å². The average molecular weight is 278 g/mol. The predicted molar refractivity (Wildman–Crippen MR) is 78.0 cm³/mol. The van der Waals surface area contributed by atoms with E-state index in [0.717, 1.165) is 25.2 Å². The van der Waals surface area contributed by atoms with E-state index in [2.05, 4.69) is 10.2 Å². The van der Waals surface area contributed by atoms with Crippen molar-refractivity contribution in [1.29, 1.82) is 0 Å². The summed E-state index contributed by atoms with van der Waals surface area (Å²) in [5.41, 5.74) is 0.846. The minimum Gasteiger partial charge on any atom is -0.355 e. The van der Waals surface area contributed by atoms with Gasteiger partial charge in [-0.15, -0.1) is 0 Å². The lowest BCUT2D eigenvalue weighted by Gasteiger charge is -2.19. The molecule has 0 unspecified atom stereocenters. The van der Waals surface area contributed by atoms with Gasteiger partial charge in [-0.1, -0.05) is 25.0 Å². The number of carbonyl (C=O) groups excluding carboxylic acids is 1. The van der Waals surface area contributed by atoms with Crippen molar-refractivity contribution < 1.29 is 9.18 Å². The molecule has 0 bridgehead atoms.